The summed E-state index contributed by atoms with van der Waals surface area (Å²) >= 11 is 8.94. The van der Waals surface area contributed by atoms with Gasteiger partial charge >= 0.3 is 0 Å². The molecule has 0 saturated heterocycles. The number of hydrogen-bond donors (Lipinski definition) is 1. The van der Waals surface area contributed by atoms with Crippen molar-refractivity contribution in [1.82, 2.24) is 24.7 Å². The van der Waals surface area contributed by atoms with Gasteiger partial charge in [0.2, 0.25) is 0 Å². The molecule has 1 N–H and O–H groups in total. The first-order chi connectivity index (χ1) is 15.1. The normalized spacial score (nSPS) is 11.3. The molecule has 0 amide bonds. The lowest BCUT2D eigenvalue weighted by atomic mass is 10.1. The van der Waals surface area contributed by atoms with Crippen LogP contribution in [0.15, 0.2) is 69.9 Å². The molecule has 0 aliphatic carbocycles. The first kappa shape index (κ1) is 20.0. The molecule has 31 heavy (non-hydrogen) atoms. The van der Waals surface area contributed by atoms with Crippen LogP contribution < -0.4 is 5.56 Å². The number of nitrogens with one attached hydrogen (secondary N) is 1. The number of H-pyrrole nitrogens is 1. The maximum Gasteiger partial charge on any atom is 0.268 e. The first-order valence-corrected chi connectivity index (χ1v) is 11.7. The van der Waals surface area contributed by atoms with Crippen LogP contribution in [0.2, 0.25) is 5.02 Å². The summed E-state index contributed by atoms with van der Waals surface area (Å²) in [6.45, 7) is 2.05. The van der Waals surface area contributed by atoms with E-state index in [4.69, 9.17) is 11.6 Å². The van der Waals surface area contributed by atoms with Gasteiger partial charge in [-0.15, -0.1) is 21.5 Å². The second-order valence-corrected chi connectivity index (χ2v) is 9.17. The predicted molar refractivity (Wildman–Crippen MR) is 126 cm³/mol. The molecule has 0 unspecified atom stereocenters. The third-order valence-electron chi connectivity index (χ3n) is 4.79. The maximum absolute atomic E-state index is 12.3. The van der Waals surface area contributed by atoms with Gasteiger partial charge in [0.25, 0.3) is 5.56 Å². The number of aromatic amines is 1. The lowest BCUT2D eigenvalue weighted by molar-refractivity contribution is 0.878. The highest BCUT2D eigenvalue weighted by Crippen LogP contribution is 2.31. The van der Waals surface area contributed by atoms with Gasteiger partial charge < -0.3 is 4.98 Å². The molecule has 0 spiro atoms. The molecule has 2 aromatic carbocycles. The van der Waals surface area contributed by atoms with Crippen LogP contribution in [0.3, 0.4) is 0 Å². The van der Waals surface area contributed by atoms with Gasteiger partial charge in [-0.3, -0.25) is 9.36 Å². The van der Waals surface area contributed by atoms with Crippen molar-refractivity contribution < 1.29 is 0 Å². The molecular weight excluding hydrogens is 450 g/mol. The lowest BCUT2D eigenvalue weighted by Crippen LogP contribution is -2.09. The van der Waals surface area contributed by atoms with Crippen molar-refractivity contribution >= 4 is 44.9 Å². The number of para-hydroxylation sites is 1. The van der Waals surface area contributed by atoms with E-state index in [-0.39, 0.29) is 5.56 Å². The van der Waals surface area contributed by atoms with Gasteiger partial charge in [0.05, 0.1) is 17.0 Å². The Bertz CT molecular complexity index is 1440. The fraction of sp³-hybridized carbons (Fsp3) is 0.0909. The van der Waals surface area contributed by atoms with E-state index in [0.29, 0.717) is 32.0 Å². The molecule has 0 radical (unpaired) electrons. The smallest absolute Gasteiger partial charge is 0.268 e. The minimum Gasteiger partial charge on any atom is -0.309 e. The highest BCUT2D eigenvalue weighted by Gasteiger charge is 2.18. The van der Waals surface area contributed by atoms with Crippen molar-refractivity contribution in [2.45, 2.75) is 17.8 Å². The average molecular weight is 466 g/mol. The molecule has 3 heterocycles. The number of halogens is 1. The van der Waals surface area contributed by atoms with Crippen LogP contribution in [0.4, 0.5) is 0 Å². The van der Waals surface area contributed by atoms with Crippen molar-refractivity contribution in [3.05, 3.63) is 86.7 Å². The molecule has 5 aromatic rings. The third-order valence-corrected chi connectivity index (χ3v) is 6.89. The summed E-state index contributed by atoms with van der Waals surface area (Å²) in [4.78, 5) is 19.7. The third kappa shape index (κ3) is 3.89. The average Bonchev–Trinajstić information content (AvgIpc) is 3.41. The van der Waals surface area contributed by atoms with E-state index in [1.54, 1.807) is 0 Å². The number of aromatic nitrogens is 5. The van der Waals surface area contributed by atoms with E-state index in [0.717, 1.165) is 22.6 Å². The molecule has 3 aromatic heterocycles. The minimum atomic E-state index is -0.113. The number of rotatable bonds is 5. The Kier molecular flexibility index (Phi) is 5.35. The van der Waals surface area contributed by atoms with Gasteiger partial charge in [-0.05, 0) is 54.3 Å². The fourth-order valence-corrected chi connectivity index (χ4v) is 4.97. The van der Waals surface area contributed by atoms with E-state index in [2.05, 4.69) is 33.2 Å². The lowest BCUT2D eigenvalue weighted by Gasteiger charge is -2.13. The summed E-state index contributed by atoms with van der Waals surface area (Å²) in [6, 6.07) is 17.5. The molecule has 0 aliphatic rings. The van der Waals surface area contributed by atoms with Gasteiger partial charge in [-0.2, -0.15) is 0 Å². The second kappa shape index (κ2) is 8.30. The standard InChI is InChI=1S/C22H16ClN5OS2/c1-13-4-2-3-5-17(13)28-20(14-6-8-15(23)9-7-14)26-27-22(28)31-12-18-24-16-10-11-30-19(16)21(29)25-18/h2-11H,12H2,1H3,(H,24,25,29). The number of fused-ring (bicyclic) bond motifs is 1. The summed E-state index contributed by atoms with van der Waals surface area (Å²) in [6.07, 6.45) is 0. The van der Waals surface area contributed by atoms with Crippen LogP contribution in [0.25, 0.3) is 27.3 Å². The van der Waals surface area contributed by atoms with Crippen molar-refractivity contribution in [2.75, 3.05) is 0 Å². The fourth-order valence-electron chi connectivity index (χ4n) is 3.30. The SMILES string of the molecule is Cc1ccccc1-n1c(SCc2nc3ccsc3c(=O)[nH]2)nnc1-c1ccc(Cl)cc1. The molecule has 9 heteroatoms. The summed E-state index contributed by atoms with van der Waals surface area (Å²) in [5, 5.41) is 12.2. The van der Waals surface area contributed by atoms with Crippen LogP contribution in [-0.2, 0) is 5.75 Å². The molecular formula is C22H16ClN5OS2. The molecule has 0 atom stereocenters. The Morgan fingerprint density at radius 3 is 2.71 bits per heavy atom. The zero-order valence-electron chi connectivity index (χ0n) is 16.4. The van der Waals surface area contributed by atoms with Gasteiger partial charge in [0.15, 0.2) is 11.0 Å². The second-order valence-electron chi connectivity index (χ2n) is 6.87. The first-order valence-electron chi connectivity index (χ1n) is 9.47. The highest BCUT2D eigenvalue weighted by molar-refractivity contribution is 7.98. The Morgan fingerprint density at radius 2 is 1.90 bits per heavy atom. The van der Waals surface area contributed by atoms with E-state index in [1.165, 1.54) is 23.1 Å². The molecule has 0 fully saturated rings. The van der Waals surface area contributed by atoms with Crippen LogP contribution >= 0.6 is 34.7 Å². The Balaban J connectivity index is 1.55. The van der Waals surface area contributed by atoms with Gasteiger partial charge in [0.1, 0.15) is 10.5 Å². The molecule has 154 valence electrons. The number of aryl methyl sites for hydroxylation is 1. The van der Waals surface area contributed by atoms with Gasteiger partial charge in [-0.1, -0.05) is 41.6 Å². The maximum atomic E-state index is 12.3. The van der Waals surface area contributed by atoms with Crippen molar-refractivity contribution in [2.24, 2.45) is 0 Å². The van der Waals surface area contributed by atoms with E-state index < -0.39 is 0 Å². The molecule has 5 rings (SSSR count). The molecule has 0 aliphatic heterocycles. The monoisotopic (exact) mass is 465 g/mol. The Hall–Kier alpha value is -2.94. The van der Waals surface area contributed by atoms with Crippen molar-refractivity contribution in [3.63, 3.8) is 0 Å². The zero-order chi connectivity index (χ0) is 21.4. The van der Waals surface area contributed by atoms with Gasteiger partial charge in [-0.25, -0.2) is 4.98 Å². The summed E-state index contributed by atoms with van der Waals surface area (Å²) in [5.74, 6) is 1.79. The zero-order valence-corrected chi connectivity index (χ0v) is 18.8. The topological polar surface area (TPSA) is 76.5 Å². The van der Waals surface area contributed by atoms with E-state index in [1.807, 2.05) is 58.5 Å². The number of nitrogens with zero attached hydrogens (tertiary/aromatic N) is 4. The van der Waals surface area contributed by atoms with Gasteiger partial charge in [0, 0.05) is 10.6 Å². The minimum absolute atomic E-state index is 0.113. The molecule has 6 nitrogen and oxygen atoms in total. The van der Waals surface area contributed by atoms with Crippen molar-refractivity contribution in [3.8, 4) is 17.1 Å². The number of thioether (sulfide) groups is 1. The summed E-state index contributed by atoms with van der Waals surface area (Å²) < 4.78 is 2.67. The molecule has 0 saturated carbocycles. The van der Waals surface area contributed by atoms with Crippen LogP contribution in [0, 0.1) is 6.92 Å². The quantitative estimate of drug-likeness (QED) is 0.347. The number of hydrogen-bond acceptors (Lipinski definition) is 6. The summed E-state index contributed by atoms with van der Waals surface area (Å²) in [7, 11) is 0. The Labute approximate surface area is 191 Å². The van der Waals surface area contributed by atoms with Crippen LogP contribution in [0.5, 0.6) is 0 Å². The van der Waals surface area contributed by atoms with E-state index in [9.17, 15) is 4.79 Å². The molecule has 0 bridgehead atoms. The van der Waals surface area contributed by atoms with Crippen LogP contribution in [-0.4, -0.2) is 24.7 Å². The largest absolute Gasteiger partial charge is 0.309 e. The number of thiophene rings is 1. The van der Waals surface area contributed by atoms with Crippen molar-refractivity contribution in [1.29, 1.82) is 0 Å². The predicted octanol–water partition coefficient (Wildman–Crippen LogP) is 5.49. The van der Waals surface area contributed by atoms with Crippen LogP contribution in [0.1, 0.15) is 11.4 Å². The van der Waals surface area contributed by atoms with E-state index >= 15 is 0 Å². The Morgan fingerprint density at radius 1 is 1.10 bits per heavy atom. The number of benzene rings is 2. The highest BCUT2D eigenvalue weighted by atomic mass is 35.5. The summed E-state index contributed by atoms with van der Waals surface area (Å²) in [5.41, 5.74) is 3.61.